The molecule has 0 aliphatic carbocycles. The molecule has 1 amide bonds. The average Bonchev–Trinajstić information content (AvgIpc) is 2.64. The van der Waals surface area contributed by atoms with Crippen molar-refractivity contribution in [2.24, 2.45) is 11.7 Å². The van der Waals surface area contributed by atoms with E-state index < -0.39 is 0 Å². The second-order valence-electron chi connectivity index (χ2n) is 6.27. The maximum Gasteiger partial charge on any atom is 0.253 e. The summed E-state index contributed by atoms with van der Waals surface area (Å²) in [6.45, 7) is 2.22. The predicted molar refractivity (Wildman–Crippen MR) is 98.1 cm³/mol. The summed E-state index contributed by atoms with van der Waals surface area (Å²) in [6, 6.07) is 8.67. The smallest absolute Gasteiger partial charge is 0.253 e. The number of amides is 1. The van der Waals surface area contributed by atoms with Crippen LogP contribution in [0.4, 0.5) is 0 Å². The highest BCUT2D eigenvalue weighted by Crippen LogP contribution is 2.30. The summed E-state index contributed by atoms with van der Waals surface area (Å²) in [5, 5.41) is 0.415. The molecule has 2 heterocycles. The van der Waals surface area contributed by atoms with Gasteiger partial charge < -0.3 is 15.4 Å². The van der Waals surface area contributed by atoms with Gasteiger partial charge in [0.05, 0.1) is 5.02 Å². The van der Waals surface area contributed by atoms with Gasteiger partial charge in [0, 0.05) is 31.0 Å². The molecule has 1 fully saturated rings. The number of hydrogen-bond acceptors (Lipinski definition) is 4. The monoisotopic (exact) mass is 359 g/mol. The van der Waals surface area contributed by atoms with Gasteiger partial charge >= 0.3 is 0 Å². The summed E-state index contributed by atoms with van der Waals surface area (Å²) in [6.07, 6.45) is 6.42. The molecular weight excluding hydrogens is 338 g/mol. The molecule has 2 aromatic rings. The van der Waals surface area contributed by atoms with Gasteiger partial charge in [-0.25, -0.2) is 0 Å². The maximum absolute atomic E-state index is 12.8. The Bertz CT molecular complexity index is 722. The molecule has 1 aliphatic heterocycles. The zero-order valence-corrected chi connectivity index (χ0v) is 14.8. The summed E-state index contributed by atoms with van der Waals surface area (Å²) >= 11 is 6.31. The minimum absolute atomic E-state index is 0.0130. The van der Waals surface area contributed by atoms with Gasteiger partial charge in [0.2, 0.25) is 0 Å². The van der Waals surface area contributed by atoms with Gasteiger partial charge in [0.1, 0.15) is 11.5 Å². The van der Waals surface area contributed by atoms with Crippen molar-refractivity contribution in [1.82, 2.24) is 9.88 Å². The van der Waals surface area contributed by atoms with Crippen molar-refractivity contribution < 1.29 is 9.53 Å². The number of piperidine rings is 1. The Morgan fingerprint density at radius 1 is 1.32 bits per heavy atom. The van der Waals surface area contributed by atoms with Crippen LogP contribution in [0.2, 0.25) is 5.02 Å². The molecule has 1 aromatic heterocycles. The summed E-state index contributed by atoms with van der Waals surface area (Å²) in [7, 11) is 0. The first-order valence-electron chi connectivity index (χ1n) is 8.54. The van der Waals surface area contributed by atoms with Crippen molar-refractivity contribution in [3.05, 3.63) is 53.3 Å². The second-order valence-corrected chi connectivity index (χ2v) is 6.67. The molecule has 5 nitrogen and oxygen atoms in total. The van der Waals surface area contributed by atoms with Crippen LogP contribution in [0, 0.1) is 5.92 Å². The van der Waals surface area contributed by atoms with Crippen LogP contribution in [-0.4, -0.2) is 35.4 Å². The van der Waals surface area contributed by atoms with Crippen molar-refractivity contribution in [3.8, 4) is 11.5 Å². The lowest BCUT2D eigenvalue weighted by molar-refractivity contribution is 0.0669. The highest BCUT2D eigenvalue weighted by molar-refractivity contribution is 6.32. The lowest BCUT2D eigenvalue weighted by atomic mass is 9.94. The predicted octanol–water partition coefficient (Wildman–Crippen LogP) is 3.73. The molecule has 132 valence electrons. The molecular formula is C19H22ClN3O2. The Morgan fingerprint density at radius 3 is 2.84 bits per heavy atom. The Labute approximate surface area is 152 Å². The van der Waals surface area contributed by atoms with Crippen LogP contribution in [0.15, 0.2) is 42.7 Å². The van der Waals surface area contributed by atoms with Gasteiger partial charge in [-0.05, 0) is 62.1 Å². The molecule has 1 aromatic carbocycles. The van der Waals surface area contributed by atoms with E-state index in [1.54, 1.807) is 42.7 Å². The lowest BCUT2D eigenvalue weighted by Gasteiger charge is -2.32. The van der Waals surface area contributed by atoms with Crippen LogP contribution >= 0.6 is 11.6 Å². The molecule has 0 spiro atoms. The number of likely N-dealkylation sites (tertiary alicyclic amines) is 1. The van der Waals surface area contributed by atoms with E-state index in [2.05, 4.69) is 4.98 Å². The number of benzene rings is 1. The number of pyridine rings is 1. The molecule has 1 aliphatic rings. The lowest BCUT2D eigenvalue weighted by Crippen LogP contribution is -2.40. The van der Waals surface area contributed by atoms with E-state index in [0.29, 0.717) is 34.5 Å². The number of hydrogen-bond donors (Lipinski definition) is 1. The summed E-state index contributed by atoms with van der Waals surface area (Å²) in [5.41, 5.74) is 6.24. The zero-order valence-electron chi connectivity index (χ0n) is 14.0. The highest BCUT2D eigenvalue weighted by Gasteiger charge is 2.24. The van der Waals surface area contributed by atoms with Crippen LogP contribution < -0.4 is 10.5 Å². The quantitative estimate of drug-likeness (QED) is 0.883. The van der Waals surface area contributed by atoms with Crippen LogP contribution in [0.3, 0.4) is 0 Å². The summed E-state index contributed by atoms with van der Waals surface area (Å²) < 4.78 is 5.73. The SMILES string of the molecule is NCCC1CCCN(C(=O)c2ccc(Oc3ccncc3)c(Cl)c2)C1. The van der Waals surface area contributed by atoms with Crippen molar-refractivity contribution in [2.45, 2.75) is 19.3 Å². The molecule has 6 heteroatoms. The molecule has 1 atom stereocenters. The third kappa shape index (κ3) is 4.50. The first-order chi connectivity index (χ1) is 12.2. The minimum atomic E-state index is 0.0130. The first kappa shape index (κ1) is 17.7. The van der Waals surface area contributed by atoms with Gasteiger partial charge in [0.15, 0.2) is 0 Å². The van der Waals surface area contributed by atoms with Crippen molar-refractivity contribution in [3.63, 3.8) is 0 Å². The van der Waals surface area contributed by atoms with Gasteiger partial charge in [-0.1, -0.05) is 11.6 Å². The standard InChI is InChI=1S/C19H22ClN3O2/c20-17-12-15(3-4-18(17)25-16-6-9-22-10-7-16)19(24)23-11-1-2-14(13-23)5-8-21/h3-4,6-7,9-10,12,14H,1-2,5,8,11,13,21H2. The Hall–Kier alpha value is -2.11. The third-order valence-electron chi connectivity index (χ3n) is 4.44. The number of carbonyl (C=O) groups is 1. The third-order valence-corrected chi connectivity index (χ3v) is 4.73. The maximum atomic E-state index is 12.8. The molecule has 25 heavy (non-hydrogen) atoms. The Morgan fingerprint density at radius 2 is 2.12 bits per heavy atom. The first-order valence-corrected chi connectivity index (χ1v) is 8.92. The zero-order chi connectivity index (χ0) is 17.6. The van der Waals surface area contributed by atoms with Crippen LogP contribution in [0.5, 0.6) is 11.5 Å². The van der Waals surface area contributed by atoms with E-state index in [1.165, 1.54) is 0 Å². The van der Waals surface area contributed by atoms with Crippen LogP contribution in [0.1, 0.15) is 29.6 Å². The van der Waals surface area contributed by atoms with Crippen molar-refractivity contribution in [2.75, 3.05) is 19.6 Å². The van der Waals surface area contributed by atoms with Gasteiger partial charge in [0.25, 0.3) is 5.91 Å². The molecule has 1 saturated heterocycles. The average molecular weight is 360 g/mol. The minimum Gasteiger partial charge on any atom is -0.456 e. The fourth-order valence-corrected chi connectivity index (χ4v) is 3.37. The molecule has 0 radical (unpaired) electrons. The fraction of sp³-hybridized carbons (Fsp3) is 0.368. The fourth-order valence-electron chi connectivity index (χ4n) is 3.15. The molecule has 0 saturated carbocycles. The van der Waals surface area contributed by atoms with E-state index in [9.17, 15) is 4.79 Å². The van der Waals surface area contributed by atoms with E-state index >= 15 is 0 Å². The molecule has 3 rings (SSSR count). The second kappa shape index (κ2) is 8.32. The number of ether oxygens (including phenoxy) is 1. The van der Waals surface area contributed by atoms with E-state index in [1.807, 2.05) is 4.90 Å². The van der Waals surface area contributed by atoms with Gasteiger partial charge in [-0.15, -0.1) is 0 Å². The Balaban J connectivity index is 1.70. The summed E-state index contributed by atoms with van der Waals surface area (Å²) in [4.78, 5) is 18.6. The molecule has 1 unspecified atom stereocenters. The normalized spacial score (nSPS) is 17.4. The topological polar surface area (TPSA) is 68.5 Å². The Kier molecular flexibility index (Phi) is 5.89. The highest BCUT2D eigenvalue weighted by atomic mass is 35.5. The number of halogens is 1. The van der Waals surface area contributed by atoms with Crippen molar-refractivity contribution in [1.29, 1.82) is 0 Å². The van der Waals surface area contributed by atoms with Crippen LogP contribution in [0.25, 0.3) is 0 Å². The van der Waals surface area contributed by atoms with Gasteiger partial charge in [-0.3, -0.25) is 9.78 Å². The number of nitrogens with two attached hydrogens (primary N) is 1. The number of nitrogens with zero attached hydrogens (tertiary/aromatic N) is 2. The largest absolute Gasteiger partial charge is 0.456 e. The van der Waals surface area contributed by atoms with E-state index in [-0.39, 0.29) is 5.91 Å². The van der Waals surface area contributed by atoms with Crippen molar-refractivity contribution >= 4 is 17.5 Å². The number of rotatable bonds is 5. The van der Waals surface area contributed by atoms with Gasteiger partial charge in [-0.2, -0.15) is 0 Å². The number of aromatic nitrogens is 1. The number of carbonyl (C=O) groups excluding carboxylic acids is 1. The van der Waals surface area contributed by atoms with E-state index in [0.717, 1.165) is 32.4 Å². The van der Waals surface area contributed by atoms with Crippen LogP contribution in [-0.2, 0) is 0 Å². The molecule has 0 bridgehead atoms. The molecule has 2 N–H and O–H groups in total. The summed E-state index contributed by atoms with van der Waals surface area (Å²) in [5.74, 6) is 1.67. The van der Waals surface area contributed by atoms with E-state index in [4.69, 9.17) is 22.1 Å².